The minimum absolute atomic E-state index is 0.0695. The second kappa shape index (κ2) is 9.07. The van der Waals surface area contributed by atoms with Gasteiger partial charge in [-0.25, -0.2) is 17.5 Å². The van der Waals surface area contributed by atoms with Crippen LogP contribution in [0.25, 0.3) is 0 Å². The maximum absolute atomic E-state index is 13.3. The smallest absolute Gasteiger partial charge is 0.255 e. The molecule has 2 aromatic rings. The summed E-state index contributed by atoms with van der Waals surface area (Å²) in [7, 11) is -3.87. The van der Waals surface area contributed by atoms with Gasteiger partial charge in [0.1, 0.15) is 5.82 Å². The van der Waals surface area contributed by atoms with Crippen LogP contribution in [0, 0.1) is 12.7 Å². The van der Waals surface area contributed by atoms with Gasteiger partial charge in [0.25, 0.3) is 5.91 Å². The summed E-state index contributed by atoms with van der Waals surface area (Å²) < 4.78 is 40.8. The monoisotopic (exact) mass is 394 g/mol. The number of amides is 1. The van der Waals surface area contributed by atoms with Crippen LogP contribution in [0.1, 0.15) is 35.7 Å². The van der Waals surface area contributed by atoms with E-state index in [1.165, 1.54) is 42.5 Å². The van der Waals surface area contributed by atoms with Crippen LogP contribution in [-0.4, -0.2) is 32.1 Å². The Kier molecular flexibility index (Phi) is 7.06. The summed E-state index contributed by atoms with van der Waals surface area (Å²) in [5.41, 5.74) is 0.948. The van der Waals surface area contributed by atoms with Gasteiger partial charge in [0.2, 0.25) is 10.0 Å². The molecule has 0 aliphatic rings. The van der Waals surface area contributed by atoms with Gasteiger partial charge in [-0.15, -0.1) is 0 Å². The topological polar surface area (TPSA) is 95.5 Å². The number of anilines is 1. The predicted octanol–water partition coefficient (Wildman–Crippen LogP) is 2.83. The van der Waals surface area contributed by atoms with E-state index in [1.54, 1.807) is 6.92 Å². The van der Waals surface area contributed by atoms with Crippen LogP contribution in [0.4, 0.5) is 10.1 Å². The quantitative estimate of drug-likeness (QED) is 0.642. The third-order valence-electron chi connectivity index (χ3n) is 4.00. The van der Waals surface area contributed by atoms with E-state index in [0.29, 0.717) is 24.1 Å². The average molecular weight is 394 g/mol. The number of nitrogens with one attached hydrogen (secondary N) is 2. The molecule has 0 aliphatic carbocycles. The van der Waals surface area contributed by atoms with E-state index < -0.39 is 22.0 Å². The molecule has 0 aliphatic heterocycles. The van der Waals surface area contributed by atoms with Crippen molar-refractivity contribution in [3.05, 3.63) is 59.4 Å². The number of carbonyl (C=O) groups excluding carboxylic acids is 1. The normalized spacial score (nSPS) is 12.6. The maximum atomic E-state index is 13.3. The van der Waals surface area contributed by atoms with Crippen molar-refractivity contribution < 1.29 is 22.7 Å². The van der Waals surface area contributed by atoms with Crippen molar-refractivity contribution in [1.82, 2.24) is 4.72 Å². The SMILES string of the molecule is CCC[C@@H](CO)NS(=O)(=O)c1cccc(C(=O)Nc2ccc(F)c(C)c2)c1. The van der Waals surface area contributed by atoms with E-state index in [-0.39, 0.29) is 22.9 Å². The molecule has 0 unspecified atom stereocenters. The lowest BCUT2D eigenvalue weighted by atomic mass is 10.2. The zero-order chi connectivity index (χ0) is 20.0. The summed E-state index contributed by atoms with van der Waals surface area (Å²) in [6.45, 7) is 3.16. The first kappa shape index (κ1) is 21.0. The molecule has 2 aromatic carbocycles. The summed E-state index contributed by atoms with van der Waals surface area (Å²) in [6.07, 6.45) is 1.22. The molecule has 8 heteroatoms. The third-order valence-corrected chi connectivity index (χ3v) is 5.52. The van der Waals surface area contributed by atoms with Crippen LogP contribution in [-0.2, 0) is 10.0 Å². The molecule has 0 saturated carbocycles. The van der Waals surface area contributed by atoms with Crippen molar-refractivity contribution in [2.75, 3.05) is 11.9 Å². The Labute approximate surface area is 158 Å². The van der Waals surface area contributed by atoms with Gasteiger partial charge in [-0.05, 0) is 55.3 Å². The first-order valence-electron chi connectivity index (χ1n) is 8.57. The van der Waals surface area contributed by atoms with Crippen LogP contribution in [0.5, 0.6) is 0 Å². The number of hydrogen-bond donors (Lipinski definition) is 3. The molecule has 0 spiro atoms. The molecule has 3 N–H and O–H groups in total. The minimum Gasteiger partial charge on any atom is -0.395 e. The van der Waals surface area contributed by atoms with E-state index >= 15 is 0 Å². The van der Waals surface area contributed by atoms with Gasteiger partial charge in [0, 0.05) is 17.3 Å². The second-order valence-electron chi connectivity index (χ2n) is 6.24. The van der Waals surface area contributed by atoms with Gasteiger partial charge in [-0.3, -0.25) is 4.79 Å². The number of aliphatic hydroxyl groups is 1. The molecule has 1 amide bonds. The summed E-state index contributed by atoms with van der Waals surface area (Å²) in [6, 6.07) is 9.17. The van der Waals surface area contributed by atoms with Gasteiger partial charge in [-0.1, -0.05) is 19.4 Å². The van der Waals surface area contributed by atoms with Crippen LogP contribution < -0.4 is 10.0 Å². The van der Waals surface area contributed by atoms with Gasteiger partial charge >= 0.3 is 0 Å². The van der Waals surface area contributed by atoms with Gasteiger partial charge < -0.3 is 10.4 Å². The molecule has 1 atom stereocenters. The molecular formula is C19H23FN2O4S. The molecule has 0 saturated heterocycles. The zero-order valence-corrected chi connectivity index (χ0v) is 16.0. The Morgan fingerprint density at radius 3 is 2.59 bits per heavy atom. The molecule has 0 aromatic heterocycles. The number of halogens is 1. The van der Waals surface area contributed by atoms with Gasteiger partial charge in [0.15, 0.2) is 0 Å². The van der Waals surface area contributed by atoms with Gasteiger partial charge in [0.05, 0.1) is 11.5 Å². The van der Waals surface area contributed by atoms with Crippen molar-refractivity contribution >= 4 is 21.6 Å². The molecule has 146 valence electrons. The highest BCUT2D eigenvalue weighted by molar-refractivity contribution is 7.89. The average Bonchev–Trinajstić information content (AvgIpc) is 2.64. The Morgan fingerprint density at radius 1 is 1.22 bits per heavy atom. The van der Waals surface area contributed by atoms with Crippen LogP contribution in [0.15, 0.2) is 47.4 Å². The Morgan fingerprint density at radius 2 is 1.96 bits per heavy atom. The highest BCUT2D eigenvalue weighted by atomic mass is 32.2. The molecular weight excluding hydrogens is 371 g/mol. The first-order valence-corrected chi connectivity index (χ1v) is 10.1. The number of sulfonamides is 1. The molecule has 0 heterocycles. The van der Waals surface area contributed by atoms with E-state index in [1.807, 2.05) is 6.92 Å². The molecule has 0 fully saturated rings. The van der Waals surface area contributed by atoms with E-state index in [2.05, 4.69) is 10.0 Å². The van der Waals surface area contributed by atoms with E-state index in [0.717, 1.165) is 0 Å². The summed E-state index contributed by atoms with van der Waals surface area (Å²) in [5.74, 6) is -0.886. The summed E-state index contributed by atoms with van der Waals surface area (Å²) in [4.78, 5) is 12.3. The van der Waals surface area contributed by atoms with E-state index in [9.17, 15) is 22.7 Å². The number of hydrogen-bond acceptors (Lipinski definition) is 4. The number of aryl methyl sites for hydroxylation is 1. The fourth-order valence-corrected chi connectivity index (χ4v) is 3.86. The fraction of sp³-hybridized carbons (Fsp3) is 0.316. The van der Waals surface area contributed by atoms with Crippen LogP contribution in [0.2, 0.25) is 0 Å². The van der Waals surface area contributed by atoms with Crippen LogP contribution >= 0.6 is 0 Å². The molecule has 27 heavy (non-hydrogen) atoms. The van der Waals surface area contributed by atoms with Crippen molar-refractivity contribution in [3.63, 3.8) is 0 Å². The first-order chi connectivity index (χ1) is 12.8. The molecule has 6 nitrogen and oxygen atoms in total. The predicted molar refractivity (Wildman–Crippen MR) is 102 cm³/mol. The number of rotatable bonds is 8. The Bertz CT molecular complexity index is 916. The molecule has 0 bridgehead atoms. The highest BCUT2D eigenvalue weighted by Crippen LogP contribution is 2.17. The van der Waals surface area contributed by atoms with Crippen molar-refractivity contribution in [1.29, 1.82) is 0 Å². The number of benzene rings is 2. The molecule has 2 rings (SSSR count). The van der Waals surface area contributed by atoms with Crippen molar-refractivity contribution in [3.8, 4) is 0 Å². The highest BCUT2D eigenvalue weighted by Gasteiger charge is 2.20. The number of carbonyl (C=O) groups is 1. The summed E-state index contributed by atoms with van der Waals surface area (Å²) >= 11 is 0. The largest absolute Gasteiger partial charge is 0.395 e. The van der Waals surface area contributed by atoms with E-state index in [4.69, 9.17) is 0 Å². The lowest BCUT2D eigenvalue weighted by Crippen LogP contribution is -2.37. The lowest BCUT2D eigenvalue weighted by molar-refractivity contribution is 0.102. The van der Waals surface area contributed by atoms with Gasteiger partial charge in [-0.2, -0.15) is 0 Å². The Hall–Kier alpha value is -2.29. The number of aliphatic hydroxyl groups excluding tert-OH is 1. The van der Waals surface area contributed by atoms with Crippen LogP contribution in [0.3, 0.4) is 0 Å². The maximum Gasteiger partial charge on any atom is 0.255 e. The molecule has 0 radical (unpaired) electrons. The second-order valence-corrected chi connectivity index (χ2v) is 7.95. The standard InChI is InChI=1S/C19H23FN2O4S/c1-3-5-16(12-23)22-27(25,26)17-7-4-6-14(11-17)19(24)21-15-8-9-18(20)13(2)10-15/h4,6-11,16,22-23H,3,5,12H2,1-2H3,(H,21,24)/t16-/m0/s1. The summed E-state index contributed by atoms with van der Waals surface area (Å²) in [5, 5.41) is 11.9. The minimum atomic E-state index is -3.87. The lowest BCUT2D eigenvalue weighted by Gasteiger charge is -2.16. The van der Waals surface area contributed by atoms with Crippen molar-refractivity contribution in [2.45, 2.75) is 37.6 Å². The third kappa shape index (κ3) is 5.59. The fourth-order valence-electron chi connectivity index (χ4n) is 2.55. The zero-order valence-electron chi connectivity index (χ0n) is 15.2. The van der Waals surface area contributed by atoms with Crippen molar-refractivity contribution in [2.24, 2.45) is 0 Å². The Balaban J connectivity index is 2.20.